The number of piperazine rings is 1. The maximum absolute atomic E-state index is 12.8. The standard InChI is InChI=1S/C24H33N3O2/c1-24(2)19-26(14-15-27(24)16-20-10-6-5-7-11-20)18-23(28)25(3)17-21-12-8-9-13-22(21)29-4/h5-13H,14-19H2,1-4H3. The van der Waals surface area contributed by atoms with E-state index in [9.17, 15) is 4.79 Å². The molecule has 0 atom stereocenters. The minimum atomic E-state index is 0.0234. The van der Waals surface area contributed by atoms with E-state index in [1.807, 2.05) is 31.3 Å². The topological polar surface area (TPSA) is 36.0 Å². The number of para-hydroxylation sites is 1. The van der Waals surface area contributed by atoms with E-state index < -0.39 is 0 Å². The summed E-state index contributed by atoms with van der Waals surface area (Å²) < 4.78 is 5.41. The molecule has 0 saturated carbocycles. The highest BCUT2D eigenvalue weighted by molar-refractivity contribution is 5.78. The zero-order chi connectivity index (χ0) is 20.9. The molecule has 0 aromatic heterocycles. The summed E-state index contributed by atoms with van der Waals surface area (Å²) in [5, 5.41) is 0. The molecule has 29 heavy (non-hydrogen) atoms. The normalized spacial score (nSPS) is 17.1. The summed E-state index contributed by atoms with van der Waals surface area (Å²) in [5.74, 6) is 0.964. The number of carbonyl (C=O) groups excluding carboxylic acids is 1. The second kappa shape index (κ2) is 9.42. The van der Waals surface area contributed by atoms with Crippen LogP contribution in [-0.2, 0) is 17.9 Å². The third kappa shape index (κ3) is 5.58. The van der Waals surface area contributed by atoms with E-state index in [0.29, 0.717) is 13.1 Å². The second-order valence-corrected chi connectivity index (χ2v) is 8.49. The van der Waals surface area contributed by atoms with Gasteiger partial charge < -0.3 is 9.64 Å². The number of ether oxygens (including phenoxy) is 1. The Labute approximate surface area is 174 Å². The molecule has 2 aromatic rings. The van der Waals surface area contributed by atoms with Crippen LogP contribution in [-0.4, -0.2) is 66.5 Å². The quantitative estimate of drug-likeness (QED) is 0.721. The number of carbonyl (C=O) groups is 1. The van der Waals surface area contributed by atoms with Gasteiger partial charge in [0.1, 0.15) is 5.75 Å². The zero-order valence-corrected chi connectivity index (χ0v) is 18.1. The molecule has 5 nitrogen and oxygen atoms in total. The lowest BCUT2D eigenvalue weighted by Gasteiger charge is -2.47. The smallest absolute Gasteiger partial charge is 0.236 e. The van der Waals surface area contributed by atoms with Gasteiger partial charge in [0.2, 0.25) is 5.91 Å². The molecule has 5 heteroatoms. The molecule has 0 unspecified atom stereocenters. The summed E-state index contributed by atoms with van der Waals surface area (Å²) in [6.07, 6.45) is 0. The molecule has 1 heterocycles. The Morgan fingerprint density at radius 3 is 2.45 bits per heavy atom. The molecule has 0 aliphatic carbocycles. The molecule has 0 radical (unpaired) electrons. The van der Waals surface area contributed by atoms with Crippen molar-refractivity contribution >= 4 is 5.91 Å². The van der Waals surface area contributed by atoms with Crippen molar-refractivity contribution in [1.82, 2.24) is 14.7 Å². The maximum Gasteiger partial charge on any atom is 0.236 e. The largest absolute Gasteiger partial charge is 0.496 e. The van der Waals surface area contributed by atoms with Crippen molar-refractivity contribution < 1.29 is 9.53 Å². The molecule has 1 aliphatic heterocycles. The summed E-state index contributed by atoms with van der Waals surface area (Å²) in [7, 11) is 3.53. The van der Waals surface area contributed by atoms with Gasteiger partial charge in [-0.2, -0.15) is 0 Å². The van der Waals surface area contributed by atoms with Crippen molar-refractivity contribution in [3.63, 3.8) is 0 Å². The Kier molecular flexibility index (Phi) is 6.93. The van der Waals surface area contributed by atoms with Gasteiger partial charge in [-0.15, -0.1) is 0 Å². The SMILES string of the molecule is COc1ccccc1CN(C)C(=O)CN1CCN(Cc2ccccc2)C(C)(C)C1. The number of benzene rings is 2. The van der Waals surface area contributed by atoms with Crippen molar-refractivity contribution in [3.05, 3.63) is 65.7 Å². The lowest BCUT2D eigenvalue weighted by Crippen LogP contribution is -2.59. The first kappa shape index (κ1) is 21.3. The summed E-state index contributed by atoms with van der Waals surface area (Å²) in [5.41, 5.74) is 2.38. The molecule has 1 aliphatic rings. The number of amides is 1. The van der Waals surface area contributed by atoms with Crippen LogP contribution in [0.15, 0.2) is 54.6 Å². The van der Waals surface area contributed by atoms with Crippen LogP contribution >= 0.6 is 0 Å². The van der Waals surface area contributed by atoms with Crippen LogP contribution in [0, 0.1) is 0 Å². The Bertz CT molecular complexity index is 807. The molecule has 0 spiro atoms. The van der Waals surface area contributed by atoms with Crippen LogP contribution < -0.4 is 4.74 Å². The van der Waals surface area contributed by atoms with Crippen molar-refractivity contribution in [2.45, 2.75) is 32.5 Å². The van der Waals surface area contributed by atoms with Gasteiger partial charge in [-0.25, -0.2) is 0 Å². The van der Waals surface area contributed by atoms with Gasteiger partial charge in [0, 0.05) is 50.9 Å². The van der Waals surface area contributed by atoms with Crippen LogP contribution in [0.1, 0.15) is 25.0 Å². The molecule has 1 saturated heterocycles. The van der Waals surface area contributed by atoms with E-state index in [-0.39, 0.29) is 11.4 Å². The van der Waals surface area contributed by atoms with Gasteiger partial charge in [-0.1, -0.05) is 48.5 Å². The third-order valence-corrected chi connectivity index (χ3v) is 5.75. The first-order chi connectivity index (χ1) is 13.9. The van der Waals surface area contributed by atoms with Gasteiger partial charge in [-0.3, -0.25) is 14.6 Å². The van der Waals surface area contributed by atoms with Crippen LogP contribution in [0.4, 0.5) is 0 Å². The van der Waals surface area contributed by atoms with Gasteiger partial charge in [0.25, 0.3) is 0 Å². The molecule has 1 fully saturated rings. The van der Waals surface area contributed by atoms with Crippen LogP contribution in [0.25, 0.3) is 0 Å². The van der Waals surface area contributed by atoms with E-state index in [1.165, 1.54) is 5.56 Å². The molecular formula is C24H33N3O2. The highest BCUT2D eigenvalue weighted by Gasteiger charge is 2.34. The molecule has 1 amide bonds. The molecule has 0 bridgehead atoms. The number of hydrogen-bond acceptors (Lipinski definition) is 4. The number of nitrogens with zero attached hydrogens (tertiary/aromatic N) is 3. The van der Waals surface area contributed by atoms with Gasteiger partial charge in [0.15, 0.2) is 0 Å². The zero-order valence-electron chi connectivity index (χ0n) is 18.1. The molecule has 2 aromatic carbocycles. The highest BCUT2D eigenvalue weighted by Crippen LogP contribution is 2.24. The third-order valence-electron chi connectivity index (χ3n) is 5.75. The fourth-order valence-corrected chi connectivity index (χ4v) is 4.01. The highest BCUT2D eigenvalue weighted by atomic mass is 16.5. The minimum Gasteiger partial charge on any atom is -0.496 e. The lowest BCUT2D eigenvalue weighted by molar-refractivity contribution is -0.133. The molecule has 156 valence electrons. The van der Waals surface area contributed by atoms with E-state index >= 15 is 0 Å². The van der Waals surface area contributed by atoms with E-state index in [2.05, 4.69) is 54.0 Å². The summed E-state index contributed by atoms with van der Waals surface area (Å²) in [6, 6.07) is 18.5. The summed E-state index contributed by atoms with van der Waals surface area (Å²) >= 11 is 0. The predicted molar refractivity (Wildman–Crippen MR) is 117 cm³/mol. The number of hydrogen-bond donors (Lipinski definition) is 0. The Morgan fingerprint density at radius 1 is 1.07 bits per heavy atom. The van der Waals surface area contributed by atoms with E-state index in [0.717, 1.165) is 37.5 Å². The van der Waals surface area contributed by atoms with Crippen molar-refractivity contribution in [2.24, 2.45) is 0 Å². The van der Waals surface area contributed by atoms with E-state index in [1.54, 1.807) is 12.0 Å². The van der Waals surface area contributed by atoms with Gasteiger partial charge in [-0.05, 0) is 25.5 Å². The first-order valence-corrected chi connectivity index (χ1v) is 10.3. The number of likely N-dealkylation sites (N-methyl/N-ethyl adjacent to an activating group) is 1. The van der Waals surface area contributed by atoms with Crippen molar-refractivity contribution in [1.29, 1.82) is 0 Å². The minimum absolute atomic E-state index is 0.0234. The van der Waals surface area contributed by atoms with E-state index in [4.69, 9.17) is 4.74 Å². The summed E-state index contributed by atoms with van der Waals surface area (Å²) in [4.78, 5) is 19.4. The lowest BCUT2D eigenvalue weighted by atomic mass is 9.97. The van der Waals surface area contributed by atoms with Crippen LogP contribution in [0.3, 0.4) is 0 Å². The Balaban J connectivity index is 1.55. The molecule has 3 rings (SSSR count). The van der Waals surface area contributed by atoms with Crippen molar-refractivity contribution in [3.8, 4) is 5.75 Å². The van der Waals surface area contributed by atoms with Crippen LogP contribution in [0.2, 0.25) is 0 Å². The summed E-state index contributed by atoms with van der Waals surface area (Å²) in [6.45, 7) is 9.25. The Hall–Kier alpha value is -2.37. The fourth-order valence-electron chi connectivity index (χ4n) is 4.01. The second-order valence-electron chi connectivity index (χ2n) is 8.49. The van der Waals surface area contributed by atoms with Gasteiger partial charge in [0.05, 0.1) is 13.7 Å². The van der Waals surface area contributed by atoms with Gasteiger partial charge >= 0.3 is 0 Å². The predicted octanol–water partition coefficient (Wildman–Crippen LogP) is 3.25. The van der Waals surface area contributed by atoms with Crippen LogP contribution in [0.5, 0.6) is 5.75 Å². The Morgan fingerprint density at radius 2 is 1.76 bits per heavy atom. The number of rotatable bonds is 7. The molecular weight excluding hydrogens is 362 g/mol. The van der Waals surface area contributed by atoms with Crippen molar-refractivity contribution in [2.75, 3.05) is 40.3 Å². The number of methoxy groups -OCH3 is 1. The maximum atomic E-state index is 12.8. The average molecular weight is 396 g/mol. The molecule has 0 N–H and O–H groups in total. The first-order valence-electron chi connectivity index (χ1n) is 10.3. The fraction of sp³-hybridized carbons (Fsp3) is 0.458. The average Bonchev–Trinajstić information content (AvgIpc) is 2.71. The monoisotopic (exact) mass is 395 g/mol.